The maximum absolute atomic E-state index is 11.8. The van der Waals surface area contributed by atoms with Gasteiger partial charge in [-0.2, -0.15) is 0 Å². The van der Waals surface area contributed by atoms with Crippen molar-refractivity contribution in [1.29, 1.82) is 0 Å². The number of carbonyl (C=O) groups is 1. The molecule has 2 aromatic rings. The normalized spacial score (nSPS) is 20.4. The molecule has 1 fully saturated rings. The number of amides is 1. The molecule has 1 aliphatic rings. The number of hydrogen-bond acceptors (Lipinski definition) is 3. The van der Waals surface area contributed by atoms with E-state index in [-0.39, 0.29) is 12.1 Å². The zero-order valence-corrected chi connectivity index (χ0v) is 14.9. The summed E-state index contributed by atoms with van der Waals surface area (Å²) in [5.41, 5.74) is 3.57. The van der Waals surface area contributed by atoms with Gasteiger partial charge in [0.15, 0.2) is 0 Å². The second-order valence-electron chi connectivity index (χ2n) is 6.87. The molecule has 0 unspecified atom stereocenters. The molecule has 1 amide bonds. The van der Waals surface area contributed by atoms with E-state index in [1.54, 1.807) is 0 Å². The molecule has 3 rings (SSSR count). The first-order chi connectivity index (χ1) is 12.1. The summed E-state index contributed by atoms with van der Waals surface area (Å²) in [6.07, 6.45) is 1.55. The molecule has 0 spiro atoms. The van der Waals surface area contributed by atoms with Crippen molar-refractivity contribution < 1.29 is 9.53 Å². The van der Waals surface area contributed by atoms with Crippen LogP contribution in [0, 0.1) is 6.92 Å². The molecule has 132 valence electrons. The largest absolute Gasteiger partial charge is 0.445 e. The van der Waals surface area contributed by atoms with E-state index in [0.717, 1.165) is 18.4 Å². The summed E-state index contributed by atoms with van der Waals surface area (Å²) in [7, 11) is 0. The fourth-order valence-corrected chi connectivity index (χ4v) is 3.11. The second kappa shape index (κ2) is 8.17. The van der Waals surface area contributed by atoms with E-state index in [4.69, 9.17) is 4.74 Å². The summed E-state index contributed by atoms with van der Waals surface area (Å²) in [4.78, 5) is 11.8. The lowest BCUT2D eigenvalue weighted by Crippen LogP contribution is -2.52. The van der Waals surface area contributed by atoms with Crippen LogP contribution in [0.3, 0.4) is 0 Å². The van der Waals surface area contributed by atoms with Crippen LogP contribution in [-0.2, 0) is 11.3 Å². The highest BCUT2D eigenvalue weighted by Crippen LogP contribution is 2.24. The molecule has 1 saturated carbocycles. The highest BCUT2D eigenvalue weighted by Gasteiger charge is 2.31. The Kier molecular flexibility index (Phi) is 5.71. The molecule has 0 radical (unpaired) electrons. The lowest BCUT2D eigenvalue weighted by molar-refractivity contribution is 0.124. The minimum atomic E-state index is -0.334. The highest BCUT2D eigenvalue weighted by molar-refractivity contribution is 5.67. The summed E-state index contributed by atoms with van der Waals surface area (Å²) >= 11 is 0. The smallest absolute Gasteiger partial charge is 0.407 e. The van der Waals surface area contributed by atoms with E-state index in [0.29, 0.717) is 18.7 Å². The van der Waals surface area contributed by atoms with Crippen LogP contribution in [0.15, 0.2) is 54.6 Å². The molecule has 2 N–H and O–H groups in total. The molecule has 0 aliphatic heterocycles. The molecular weight excluding hydrogens is 312 g/mol. The Morgan fingerprint density at radius 3 is 2.44 bits per heavy atom. The molecule has 4 heteroatoms. The Morgan fingerprint density at radius 1 is 1.08 bits per heavy atom. The standard InChI is InChI=1S/C21H26N2O2/c1-15-8-10-18(11-9-15)16(2)22-19-12-20(13-19)23-21(24)25-14-17-6-4-3-5-7-17/h3-11,16,19-20,22H,12-14H2,1-2H3,(H,23,24)/t16-,19?,20?/m0/s1. The number of rotatable bonds is 6. The molecule has 4 nitrogen and oxygen atoms in total. The Morgan fingerprint density at radius 2 is 1.76 bits per heavy atom. The van der Waals surface area contributed by atoms with Crippen molar-refractivity contribution >= 4 is 6.09 Å². The topological polar surface area (TPSA) is 50.4 Å². The Bertz CT molecular complexity index is 679. The van der Waals surface area contributed by atoms with Crippen LogP contribution in [-0.4, -0.2) is 18.2 Å². The van der Waals surface area contributed by atoms with E-state index in [1.807, 2.05) is 30.3 Å². The van der Waals surface area contributed by atoms with Crippen LogP contribution in [0.4, 0.5) is 4.79 Å². The van der Waals surface area contributed by atoms with Gasteiger partial charge < -0.3 is 15.4 Å². The van der Waals surface area contributed by atoms with Crippen molar-refractivity contribution in [3.8, 4) is 0 Å². The van der Waals surface area contributed by atoms with Gasteiger partial charge in [-0.05, 0) is 37.8 Å². The number of nitrogens with one attached hydrogen (secondary N) is 2. The van der Waals surface area contributed by atoms with Crippen molar-refractivity contribution in [3.05, 3.63) is 71.3 Å². The van der Waals surface area contributed by atoms with Crippen molar-refractivity contribution in [2.45, 2.75) is 51.4 Å². The van der Waals surface area contributed by atoms with E-state index in [9.17, 15) is 4.79 Å². The summed E-state index contributed by atoms with van der Waals surface area (Å²) in [6, 6.07) is 19.3. The SMILES string of the molecule is Cc1ccc([C@H](C)NC2CC(NC(=O)OCc3ccccc3)C2)cc1. The van der Waals surface area contributed by atoms with E-state index in [2.05, 4.69) is 48.7 Å². The quantitative estimate of drug-likeness (QED) is 0.833. The van der Waals surface area contributed by atoms with Crippen molar-refractivity contribution in [3.63, 3.8) is 0 Å². The number of ether oxygens (including phenoxy) is 1. The van der Waals surface area contributed by atoms with Gasteiger partial charge in [0, 0.05) is 18.1 Å². The van der Waals surface area contributed by atoms with Crippen LogP contribution in [0.2, 0.25) is 0 Å². The van der Waals surface area contributed by atoms with Gasteiger partial charge >= 0.3 is 6.09 Å². The Hall–Kier alpha value is -2.33. The lowest BCUT2D eigenvalue weighted by atomic mass is 9.86. The van der Waals surface area contributed by atoms with Gasteiger partial charge in [0.25, 0.3) is 0 Å². The third-order valence-electron chi connectivity index (χ3n) is 4.74. The third-order valence-corrected chi connectivity index (χ3v) is 4.74. The predicted octanol–water partition coefficient (Wildman–Crippen LogP) is 4.10. The van der Waals surface area contributed by atoms with Gasteiger partial charge in [0.2, 0.25) is 0 Å². The molecule has 2 aromatic carbocycles. The van der Waals surface area contributed by atoms with E-state index >= 15 is 0 Å². The lowest BCUT2D eigenvalue weighted by Gasteiger charge is -2.38. The van der Waals surface area contributed by atoms with Gasteiger partial charge in [0.05, 0.1) is 0 Å². The zero-order chi connectivity index (χ0) is 17.6. The summed E-state index contributed by atoms with van der Waals surface area (Å²) in [5, 5.41) is 6.56. The van der Waals surface area contributed by atoms with Crippen molar-refractivity contribution in [2.75, 3.05) is 0 Å². The second-order valence-corrected chi connectivity index (χ2v) is 6.87. The van der Waals surface area contributed by atoms with E-state index < -0.39 is 0 Å². The van der Waals surface area contributed by atoms with E-state index in [1.165, 1.54) is 11.1 Å². The van der Waals surface area contributed by atoms with Crippen LogP contribution < -0.4 is 10.6 Å². The summed E-state index contributed by atoms with van der Waals surface area (Å²) in [5.74, 6) is 0. The maximum atomic E-state index is 11.8. The van der Waals surface area contributed by atoms with Crippen molar-refractivity contribution in [1.82, 2.24) is 10.6 Å². The van der Waals surface area contributed by atoms with Gasteiger partial charge in [-0.15, -0.1) is 0 Å². The average molecular weight is 338 g/mol. The number of hydrogen-bond donors (Lipinski definition) is 2. The van der Waals surface area contributed by atoms with Gasteiger partial charge in [-0.3, -0.25) is 0 Å². The van der Waals surface area contributed by atoms with Gasteiger partial charge in [0.1, 0.15) is 6.61 Å². The first kappa shape index (κ1) is 17.5. The minimum Gasteiger partial charge on any atom is -0.445 e. The first-order valence-electron chi connectivity index (χ1n) is 8.90. The molecule has 25 heavy (non-hydrogen) atoms. The molecule has 1 atom stereocenters. The van der Waals surface area contributed by atoms with Crippen LogP contribution in [0.25, 0.3) is 0 Å². The predicted molar refractivity (Wildman–Crippen MR) is 99.3 cm³/mol. The van der Waals surface area contributed by atoms with Crippen LogP contribution in [0.5, 0.6) is 0 Å². The Balaban J connectivity index is 1.35. The molecular formula is C21H26N2O2. The van der Waals surface area contributed by atoms with Gasteiger partial charge in [-0.1, -0.05) is 60.2 Å². The zero-order valence-electron chi connectivity index (χ0n) is 14.9. The van der Waals surface area contributed by atoms with Gasteiger partial charge in [-0.25, -0.2) is 4.79 Å². The first-order valence-corrected chi connectivity index (χ1v) is 8.90. The molecule has 0 aromatic heterocycles. The number of carbonyl (C=O) groups excluding carboxylic acids is 1. The third kappa shape index (κ3) is 5.07. The number of alkyl carbamates (subject to hydrolysis) is 1. The average Bonchev–Trinajstić information content (AvgIpc) is 2.59. The van der Waals surface area contributed by atoms with Crippen LogP contribution in [0.1, 0.15) is 42.5 Å². The Labute approximate surface area is 149 Å². The molecule has 0 heterocycles. The monoisotopic (exact) mass is 338 g/mol. The molecule has 0 saturated heterocycles. The summed E-state index contributed by atoms with van der Waals surface area (Å²) < 4.78 is 5.26. The minimum absolute atomic E-state index is 0.200. The number of benzene rings is 2. The fourth-order valence-electron chi connectivity index (χ4n) is 3.11. The van der Waals surface area contributed by atoms with Crippen LogP contribution >= 0.6 is 0 Å². The highest BCUT2D eigenvalue weighted by atomic mass is 16.5. The van der Waals surface area contributed by atoms with Crippen molar-refractivity contribution in [2.24, 2.45) is 0 Å². The number of aryl methyl sites for hydroxylation is 1. The maximum Gasteiger partial charge on any atom is 0.407 e. The molecule has 1 aliphatic carbocycles. The fraction of sp³-hybridized carbons (Fsp3) is 0.381. The molecule has 0 bridgehead atoms. The summed E-state index contributed by atoms with van der Waals surface area (Å²) in [6.45, 7) is 4.59.